The molecule has 5 N–H and O–H groups in total. The van der Waals surface area contributed by atoms with Crippen LogP contribution in [-0.2, 0) is 14.8 Å². The second-order valence-corrected chi connectivity index (χ2v) is 7.18. The molecular formula is C13H21N3O3S. The number of primary amides is 1. The first-order chi connectivity index (χ1) is 8.96. The molecule has 0 aliphatic rings. The van der Waals surface area contributed by atoms with Gasteiger partial charge < -0.3 is 11.5 Å². The average molecular weight is 299 g/mol. The van der Waals surface area contributed by atoms with Crippen molar-refractivity contribution >= 4 is 21.6 Å². The highest BCUT2D eigenvalue weighted by atomic mass is 32.2. The Hall–Kier alpha value is -1.60. The van der Waals surface area contributed by atoms with E-state index in [0.29, 0.717) is 5.56 Å². The monoisotopic (exact) mass is 299 g/mol. The zero-order valence-electron chi connectivity index (χ0n) is 12.1. The quantitative estimate of drug-likeness (QED) is 0.698. The van der Waals surface area contributed by atoms with Gasteiger partial charge in [0, 0.05) is 12.0 Å². The number of nitrogen functional groups attached to an aromatic ring is 1. The van der Waals surface area contributed by atoms with Crippen LogP contribution in [0.2, 0.25) is 0 Å². The number of rotatable bonds is 5. The highest BCUT2D eigenvalue weighted by Gasteiger charge is 2.30. The van der Waals surface area contributed by atoms with Crippen LogP contribution in [-0.4, -0.2) is 19.9 Å². The van der Waals surface area contributed by atoms with Crippen LogP contribution in [0.25, 0.3) is 0 Å². The second-order valence-electron chi connectivity index (χ2n) is 5.56. The molecule has 0 aliphatic heterocycles. The van der Waals surface area contributed by atoms with Crippen molar-refractivity contribution < 1.29 is 13.2 Å². The number of hydrogen-bond acceptors (Lipinski definition) is 4. The Morgan fingerprint density at radius 2 is 1.85 bits per heavy atom. The number of hydrogen-bond donors (Lipinski definition) is 3. The van der Waals surface area contributed by atoms with Crippen LogP contribution in [0.5, 0.6) is 0 Å². The number of nitrogens with one attached hydrogen (secondary N) is 1. The lowest BCUT2D eigenvalue weighted by Gasteiger charge is -2.25. The van der Waals surface area contributed by atoms with Crippen molar-refractivity contribution in [3.63, 3.8) is 0 Å². The summed E-state index contributed by atoms with van der Waals surface area (Å²) in [6, 6.07) is 3.32. The van der Waals surface area contributed by atoms with Gasteiger partial charge in [0.25, 0.3) is 0 Å². The van der Waals surface area contributed by atoms with Gasteiger partial charge in [0.15, 0.2) is 0 Å². The number of amides is 1. The summed E-state index contributed by atoms with van der Waals surface area (Å²) in [4.78, 5) is 11.0. The molecule has 0 radical (unpaired) electrons. The molecule has 0 atom stereocenters. The number of carbonyl (C=O) groups excluding carboxylic acids is 1. The van der Waals surface area contributed by atoms with E-state index in [2.05, 4.69) is 4.72 Å². The van der Waals surface area contributed by atoms with Crippen molar-refractivity contribution in [3.8, 4) is 0 Å². The predicted molar refractivity (Wildman–Crippen MR) is 78.5 cm³/mol. The summed E-state index contributed by atoms with van der Waals surface area (Å²) in [6.45, 7) is 6.69. The minimum atomic E-state index is -3.83. The van der Waals surface area contributed by atoms with Crippen molar-refractivity contribution in [1.82, 2.24) is 4.72 Å². The second kappa shape index (κ2) is 5.41. The van der Waals surface area contributed by atoms with E-state index in [9.17, 15) is 13.2 Å². The minimum Gasteiger partial charge on any atom is -0.398 e. The maximum atomic E-state index is 12.5. The molecule has 0 unspecified atom stereocenters. The lowest BCUT2D eigenvalue weighted by atomic mass is 10.0. The van der Waals surface area contributed by atoms with Gasteiger partial charge in [-0.25, -0.2) is 13.1 Å². The Labute approximate surface area is 119 Å². The summed E-state index contributed by atoms with van der Waals surface area (Å²) < 4.78 is 27.4. The van der Waals surface area contributed by atoms with E-state index in [4.69, 9.17) is 11.5 Å². The van der Waals surface area contributed by atoms with Crippen LogP contribution in [0.3, 0.4) is 0 Å². The van der Waals surface area contributed by atoms with Crippen molar-refractivity contribution in [2.75, 3.05) is 5.73 Å². The molecule has 6 nitrogen and oxygen atoms in total. The van der Waals surface area contributed by atoms with Crippen molar-refractivity contribution in [2.24, 2.45) is 5.73 Å². The normalized spacial score (nSPS) is 12.4. The maximum Gasteiger partial charge on any atom is 0.243 e. The summed E-state index contributed by atoms with van der Waals surface area (Å²) in [5.74, 6) is -0.577. The van der Waals surface area contributed by atoms with Gasteiger partial charge in [0.1, 0.15) is 4.90 Å². The number of nitrogens with two attached hydrogens (primary N) is 2. The van der Waals surface area contributed by atoms with E-state index < -0.39 is 21.5 Å². The summed E-state index contributed by atoms with van der Waals surface area (Å²) in [5.41, 5.74) is 11.5. The zero-order valence-corrected chi connectivity index (χ0v) is 13.0. The van der Waals surface area contributed by atoms with Crippen LogP contribution in [0.15, 0.2) is 17.0 Å². The third-order valence-electron chi connectivity index (χ3n) is 3.00. The fourth-order valence-electron chi connectivity index (χ4n) is 2.05. The van der Waals surface area contributed by atoms with Gasteiger partial charge in [0.05, 0.1) is 5.69 Å². The lowest BCUT2D eigenvalue weighted by Crippen LogP contribution is -2.46. The topological polar surface area (TPSA) is 115 Å². The average Bonchev–Trinajstić information content (AvgIpc) is 2.19. The van der Waals surface area contributed by atoms with Crippen LogP contribution in [0.1, 0.15) is 31.4 Å². The predicted octanol–water partition coefficient (Wildman–Crippen LogP) is 0.818. The first-order valence-electron chi connectivity index (χ1n) is 6.14. The number of anilines is 1. The highest BCUT2D eigenvalue weighted by molar-refractivity contribution is 7.89. The molecule has 0 bridgehead atoms. The number of sulfonamides is 1. The van der Waals surface area contributed by atoms with Crippen LogP contribution in [0.4, 0.5) is 5.69 Å². The molecule has 7 heteroatoms. The maximum absolute atomic E-state index is 12.5. The SMILES string of the molecule is Cc1ccc(N)c(S(=O)(=O)NC(C)(C)CC(N)=O)c1C. The zero-order chi connectivity index (χ0) is 15.7. The molecule has 0 heterocycles. The van der Waals surface area contributed by atoms with E-state index in [-0.39, 0.29) is 17.0 Å². The molecule has 1 aromatic carbocycles. The molecule has 0 aliphatic carbocycles. The van der Waals surface area contributed by atoms with Crippen molar-refractivity contribution in [1.29, 1.82) is 0 Å². The summed E-state index contributed by atoms with van der Waals surface area (Å²) in [7, 11) is -3.83. The van der Waals surface area contributed by atoms with Gasteiger partial charge in [-0.15, -0.1) is 0 Å². The molecule has 0 aromatic heterocycles. The molecule has 0 saturated heterocycles. The van der Waals surface area contributed by atoms with Crippen molar-refractivity contribution in [3.05, 3.63) is 23.3 Å². The van der Waals surface area contributed by atoms with Gasteiger partial charge in [0.2, 0.25) is 15.9 Å². The summed E-state index contributed by atoms with van der Waals surface area (Å²) >= 11 is 0. The molecular weight excluding hydrogens is 278 g/mol. The van der Waals surface area contributed by atoms with E-state index in [1.54, 1.807) is 32.9 Å². The number of aryl methyl sites for hydroxylation is 1. The Kier molecular flexibility index (Phi) is 4.45. The lowest BCUT2D eigenvalue weighted by molar-refractivity contribution is -0.119. The third-order valence-corrected chi connectivity index (χ3v) is 4.90. The molecule has 0 saturated carbocycles. The standard InChI is InChI=1S/C13H21N3O3S/c1-8-5-6-10(14)12(9(8)2)20(18,19)16-13(3,4)7-11(15)17/h5-6,16H,7,14H2,1-4H3,(H2,15,17). The molecule has 112 valence electrons. The van der Waals surface area contributed by atoms with Crippen LogP contribution < -0.4 is 16.2 Å². The molecule has 1 rings (SSSR count). The third kappa shape index (κ3) is 3.71. The first-order valence-corrected chi connectivity index (χ1v) is 7.62. The van der Waals surface area contributed by atoms with E-state index >= 15 is 0 Å². The molecule has 0 spiro atoms. The summed E-state index contributed by atoms with van der Waals surface area (Å²) in [5, 5.41) is 0. The summed E-state index contributed by atoms with van der Waals surface area (Å²) in [6.07, 6.45) is -0.100. The van der Waals surface area contributed by atoms with Gasteiger partial charge in [-0.3, -0.25) is 4.79 Å². The fourth-order valence-corrected chi connectivity index (χ4v) is 3.90. The Morgan fingerprint density at radius 3 is 2.35 bits per heavy atom. The molecule has 1 aromatic rings. The van der Waals surface area contributed by atoms with Gasteiger partial charge in [-0.2, -0.15) is 0 Å². The number of carbonyl (C=O) groups is 1. The van der Waals surface area contributed by atoms with Crippen LogP contribution >= 0.6 is 0 Å². The Morgan fingerprint density at radius 1 is 1.30 bits per heavy atom. The number of benzene rings is 1. The van der Waals surface area contributed by atoms with E-state index in [1.165, 1.54) is 0 Å². The Balaban J connectivity index is 3.26. The van der Waals surface area contributed by atoms with Crippen molar-refractivity contribution in [2.45, 2.75) is 44.6 Å². The smallest absolute Gasteiger partial charge is 0.243 e. The van der Waals surface area contributed by atoms with E-state index in [1.807, 2.05) is 6.92 Å². The highest BCUT2D eigenvalue weighted by Crippen LogP contribution is 2.26. The van der Waals surface area contributed by atoms with Crippen LogP contribution in [0, 0.1) is 13.8 Å². The van der Waals surface area contributed by atoms with Gasteiger partial charge >= 0.3 is 0 Å². The first kappa shape index (κ1) is 16.5. The van der Waals surface area contributed by atoms with Gasteiger partial charge in [-0.1, -0.05) is 6.07 Å². The molecule has 1 amide bonds. The van der Waals surface area contributed by atoms with Gasteiger partial charge in [-0.05, 0) is 44.9 Å². The minimum absolute atomic E-state index is 0.0510. The fraction of sp³-hybridized carbons (Fsp3) is 0.462. The largest absolute Gasteiger partial charge is 0.398 e. The molecule has 0 fully saturated rings. The Bertz CT molecular complexity index is 637. The van der Waals surface area contributed by atoms with E-state index in [0.717, 1.165) is 5.56 Å². The molecule has 20 heavy (non-hydrogen) atoms.